The van der Waals surface area contributed by atoms with Gasteiger partial charge in [0.15, 0.2) is 5.84 Å². The molecule has 0 radical (unpaired) electrons. The number of benzene rings is 4. The zero-order valence-corrected chi connectivity index (χ0v) is 17.4. The highest BCUT2D eigenvalue weighted by atomic mass is 35.5. The van der Waals surface area contributed by atoms with Crippen LogP contribution in [0.4, 0.5) is 0 Å². The highest BCUT2D eigenvalue weighted by Crippen LogP contribution is 2.21. The summed E-state index contributed by atoms with van der Waals surface area (Å²) in [5.41, 5.74) is 9.89. The average molecular weight is 412 g/mol. The third kappa shape index (κ3) is 4.58. The lowest BCUT2D eigenvalue weighted by Gasteiger charge is -2.09. The SMILES string of the molecule is CC(Cl)N=C(N=C(N)c1ccc2ccccc2c1)c1cccc(-c2ccccc2)c1. The van der Waals surface area contributed by atoms with Crippen molar-refractivity contribution in [3.05, 3.63) is 108 Å². The fourth-order valence-corrected chi connectivity index (χ4v) is 3.42. The molecule has 148 valence electrons. The van der Waals surface area contributed by atoms with E-state index in [2.05, 4.69) is 46.4 Å². The van der Waals surface area contributed by atoms with Gasteiger partial charge in [-0.15, -0.1) is 0 Å². The zero-order valence-electron chi connectivity index (χ0n) is 16.7. The lowest BCUT2D eigenvalue weighted by atomic mass is 10.0. The number of rotatable bonds is 4. The third-order valence-corrected chi connectivity index (χ3v) is 4.90. The topological polar surface area (TPSA) is 50.7 Å². The van der Waals surface area contributed by atoms with Crippen LogP contribution in [0, 0.1) is 0 Å². The fraction of sp³-hybridized carbons (Fsp3) is 0.0769. The second kappa shape index (κ2) is 8.93. The van der Waals surface area contributed by atoms with Crippen LogP contribution in [-0.4, -0.2) is 17.2 Å². The normalized spacial score (nSPS) is 13.4. The van der Waals surface area contributed by atoms with Crippen LogP contribution in [0.2, 0.25) is 0 Å². The van der Waals surface area contributed by atoms with Crippen LogP contribution >= 0.6 is 11.6 Å². The molecule has 0 heterocycles. The fourth-order valence-electron chi connectivity index (χ4n) is 3.33. The van der Waals surface area contributed by atoms with E-state index in [9.17, 15) is 0 Å². The molecule has 0 aliphatic heterocycles. The summed E-state index contributed by atoms with van der Waals surface area (Å²) in [7, 11) is 0. The van der Waals surface area contributed by atoms with Crippen LogP contribution in [0.25, 0.3) is 21.9 Å². The Balaban J connectivity index is 1.74. The number of hydrogen-bond donors (Lipinski definition) is 1. The molecule has 0 saturated carbocycles. The first-order chi connectivity index (χ1) is 14.6. The van der Waals surface area contributed by atoms with Gasteiger partial charge in [-0.25, -0.2) is 9.98 Å². The lowest BCUT2D eigenvalue weighted by molar-refractivity contribution is 1.02. The number of aliphatic imine (C=N–C) groups is 2. The highest BCUT2D eigenvalue weighted by Gasteiger charge is 2.09. The summed E-state index contributed by atoms with van der Waals surface area (Å²) in [6.07, 6.45) is 0. The first-order valence-electron chi connectivity index (χ1n) is 9.81. The Labute approximate surface area is 181 Å². The van der Waals surface area contributed by atoms with Crippen LogP contribution in [0.1, 0.15) is 18.1 Å². The summed E-state index contributed by atoms with van der Waals surface area (Å²) in [6, 6.07) is 32.5. The molecular formula is C26H22ClN3. The third-order valence-electron chi connectivity index (χ3n) is 4.80. The minimum Gasteiger partial charge on any atom is -0.383 e. The zero-order chi connectivity index (χ0) is 20.9. The van der Waals surface area contributed by atoms with Gasteiger partial charge in [-0.2, -0.15) is 0 Å². The van der Waals surface area contributed by atoms with Crippen molar-refractivity contribution in [2.24, 2.45) is 15.7 Å². The number of nitrogens with two attached hydrogens (primary N) is 1. The predicted octanol–water partition coefficient (Wildman–Crippen LogP) is 6.24. The van der Waals surface area contributed by atoms with Crippen molar-refractivity contribution in [1.82, 2.24) is 0 Å². The second-order valence-electron chi connectivity index (χ2n) is 7.03. The van der Waals surface area contributed by atoms with Gasteiger partial charge in [-0.1, -0.05) is 96.5 Å². The molecule has 2 N–H and O–H groups in total. The Kier molecular flexibility index (Phi) is 5.92. The van der Waals surface area contributed by atoms with Crippen molar-refractivity contribution in [2.75, 3.05) is 0 Å². The summed E-state index contributed by atoms with van der Waals surface area (Å²) in [5, 5.41) is 2.27. The molecule has 1 atom stereocenters. The Hall–Kier alpha value is -3.43. The maximum Gasteiger partial charge on any atom is 0.158 e. The van der Waals surface area contributed by atoms with Crippen LogP contribution in [0.15, 0.2) is 107 Å². The van der Waals surface area contributed by atoms with Gasteiger partial charge in [0.25, 0.3) is 0 Å². The van der Waals surface area contributed by atoms with Crippen molar-refractivity contribution >= 4 is 34.0 Å². The molecule has 0 aliphatic rings. The smallest absolute Gasteiger partial charge is 0.158 e. The number of fused-ring (bicyclic) bond motifs is 1. The summed E-state index contributed by atoms with van der Waals surface area (Å²) in [5.74, 6) is 0.919. The van der Waals surface area contributed by atoms with E-state index in [0.29, 0.717) is 11.7 Å². The minimum atomic E-state index is -0.423. The monoisotopic (exact) mass is 411 g/mol. The Morgan fingerprint density at radius 3 is 2.20 bits per heavy atom. The Morgan fingerprint density at radius 2 is 1.43 bits per heavy atom. The summed E-state index contributed by atoms with van der Waals surface area (Å²) < 4.78 is 0. The van der Waals surface area contributed by atoms with E-state index in [1.165, 1.54) is 0 Å². The van der Waals surface area contributed by atoms with E-state index < -0.39 is 5.50 Å². The Bertz CT molecular complexity index is 1230. The van der Waals surface area contributed by atoms with Crippen LogP contribution < -0.4 is 5.73 Å². The van der Waals surface area contributed by atoms with Gasteiger partial charge < -0.3 is 5.73 Å². The van der Waals surface area contributed by atoms with Crippen molar-refractivity contribution in [3.63, 3.8) is 0 Å². The van der Waals surface area contributed by atoms with E-state index >= 15 is 0 Å². The number of nitrogens with zero attached hydrogens (tertiary/aromatic N) is 2. The summed E-state index contributed by atoms with van der Waals surface area (Å²) in [4.78, 5) is 9.18. The molecule has 0 spiro atoms. The van der Waals surface area contributed by atoms with Crippen molar-refractivity contribution < 1.29 is 0 Å². The average Bonchev–Trinajstić information content (AvgIpc) is 2.78. The number of hydrogen-bond acceptors (Lipinski definition) is 1. The molecule has 0 bridgehead atoms. The maximum atomic E-state index is 6.38. The van der Waals surface area contributed by atoms with Crippen molar-refractivity contribution in [1.29, 1.82) is 0 Å². The van der Waals surface area contributed by atoms with Crippen LogP contribution in [0.5, 0.6) is 0 Å². The number of halogens is 1. The second-order valence-corrected chi connectivity index (χ2v) is 7.66. The van der Waals surface area contributed by atoms with Gasteiger partial charge in [-0.3, -0.25) is 0 Å². The molecule has 3 nitrogen and oxygen atoms in total. The number of alkyl halides is 1. The number of amidine groups is 2. The predicted molar refractivity (Wildman–Crippen MR) is 128 cm³/mol. The van der Waals surface area contributed by atoms with Gasteiger partial charge in [0.05, 0.1) is 0 Å². The molecular weight excluding hydrogens is 390 g/mol. The largest absolute Gasteiger partial charge is 0.383 e. The molecule has 4 heteroatoms. The van der Waals surface area contributed by atoms with E-state index in [1.807, 2.05) is 67.6 Å². The molecule has 0 saturated heterocycles. The summed E-state index contributed by atoms with van der Waals surface area (Å²) >= 11 is 6.19. The van der Waals surface area contributed by atoms with Crippen LogP contribution in [-0.2, 0) is 0 Å². The molecule has 0 amide bonds. The van der Waals surface area contributed by atoms with E-state index in [1.54, 1.807) is 0 Å². The molecule has 4 rings (SSSR count). The highest BCUT2D eigenvalue weighted by molar-refractivity contribution is 6.21. The van der Waals surface area contributed by atoms with Crippen molar-refractivity contribution in [3.8, 4) is 11.1 Å². The van der Waals surface area contributed by atoms with E-state index in [4.69, 9.17) is 17.3 Å². The molecule has 4 aromatic rings. The molecule has 30 heavy (non-hydrogen) atoms. The standard InChI is InChI=1S/C26H22ClN3/c1-18(27)29-26(24-13-7-12-22(17-24)19-8-3-2-4-9-19)30-25(28)23-15-14-20-10-5-6-11-21(20)16-23/h2-18H,1H3,(H2,28,29,30). The Morgan fingerprint density at radius 1 is 0.733 bits per heavy atom. The van der Waals surface area contributed by atoms with Gasteiger partial charge in [0.2, 0.25) is 0 Å². The first-order valence-corrected chi connectivity index (χ1v) is 10.2. The van der Waals surface area contributed by atoms with E-state index in [-0.39, 0.29) is 0 Å². The molecule has 1 unspecified atom stereocenters. The quantitative estimate of drug-likeness (QED) is 0.183. The van der Waals surface area contributed by atoms with Crippen molar-refractivity contribution in [2.45, 2.75) is 12.4 Å². The first kappa shape index (κ1) is 19.9. The minimum absolute atomic E-state index is 0.405. The lowest BCUT2D eigenvalue weighted by Crippen LogP contribution is -2.17. The molecule has 0 aromatic heterocycles. The summed E-state index contributed by atoms with van der Waals surface area (Å²) in [6.45, 7) is 1.81. The van der Waals surface area contributed by atoms with Gasteiger partial charge >= 0.3 is 0 Å². The van der Waals surface area contributed by atoms with Crippen LogP contribution in [0.3, 0.4) is 0 Å². The molecule has 0 fully saturated rings. The van der Waals surface area contributed by atoms with Gasteiger partial charge in [0.1, 0.15) is 11.3 Å². The van der Waals surface area contributed by atoms with Gasteiger partial charge in [0, 0.05) is 11.1 Å². The molecule has 4 aromatic carbocycles. The molecule has 0 aliphatic carbocycles. The maximum absolute atomic E-state index is 6.38. The van der Waals surface area contributed by atoms with E-state index in [0.717, 1.165) is 33.0 Å². The van der Waals surface area contributed by atoms with Gasteiger partial charge in [-0.05, 0) is 41.0 Å².